The number of aromatic nitrogens is 3. The normalized spacial score (nSPS) is 14.2. The Balaban J connectivity index is 1.46. The number of benzene rings is 1. The van der Waals surface area contributed by atoms with Gasteiger partial charge in [0, 0.05) is 18.5 Å². The SMILES string of the molecule is O=C(NCc1nnc2n1CCCCC2)c1occc1CS(=O)(=O)c1ccccc1. The zero-order chi connectivity index (χ0) is 20.3. The average Bonchev–Trinajstić information content (AvgIpc) is 3.26. The van der Waals surface area contributed by atoms with Gasteiger partial charge in [0.05, 0.1) is 23.5 Å². The first-order chi connectivity index (χ1) is 14.0. The third kappa shape index (κ3) is 4.24. The molecule has 0 atom stereocenters. The van der Waals surface area contributed by atoms with Crippen LogP contribution in [0.25, 0.3) is 0 Å². The Kier molecular flexibility index (Phi) is 5.48. The van der Waals surface area contributed by atoms with Crippen LogP contribution in [0.1, 0.15) is 47.0 Å². The minimum absolute atomic E-state index is 0.000103. The largest absolute Gasteiger partial charge is 0.459 e. The van der Waals surface area contributed by atoms with Gasteiger partial charge in [-0.05, 0) is 31.0 Å². The number of sulfone groups is 1. The number of hydrogen-bond donors (Lipinski definition) is 1. The topological polar surface area (TPSA) is 107 Å². The van der Waals surface area contributed by atoms with Gasteiger partial charge >= 0.3 is 0 Å². The summed E-state index contributed by atoms with van der Waals surface area (Å²) in [5.41, 5.74) is 0.325. The van der Waals surface area contributed by atoms with Crippen LogP contribution in [0.15, 0.2) is 52.0 Å². The zero-order valence-electron chi connectivity index (χ0n) is 15.9. The van der Waals surface area contributed by atoms with Crippen LogP contribution in [-0.4, -0.2) is 29.1 Å². The summed E-state index contributed by atoms with van der Waals surface area (Å²) >= 11 is 0. The van der Waals surface area contributed by atoms with Crippen molar-refractivity contribution in [2.45, 2.75) is 49.4 Å². The molecule has 0 fully saturated rings. The molecule has 0 saturated carbocycles. The van der Waals surface area contributed by atoms with E-state index in [-0.39, 0.29) is 23.0 Å². The molecule has 0 unspecified atom stereocenters. The molecule has 0 saturated heterocycles. The lowest BCUT2D eigenvalue weighted by Crippen LogP contribution is -2.25. The molecule has 0 bridgehead atoms. The van der Waals surface area contributed by atoms with Crippen molar-refractivity contribution < 1.29 is 17.6 Å². The Bertz CT molecular complexity index is 1100. The van der Waals surface area contributed by atoms with Crippen LogP contribution in [0.3, 0.4) is 0 Å². The van der Waals surface area contributed by atoms with Crippen LogP contribution in [0.2, 0.25) is 0 Å². The fraction of sp³-hybridized carbons (Fsp3) is 0.350. The average molecular weight is 414 g/mol. The second-order valence-corrected chi connectivity index (χ2v) is 9.01. The lowest BCUT2D eigenvalue weighted by molar-refractivity contribution is 0.0920. The van der Waals surface area contributed by atoms with E-state index in [0.29, 0.717) is 11.4 Å². The predicted octanol–water partition coefficient (Wildman–Crippen LogP) is 2.50. The van der Waals surface area contributed by atoms with E-state index >= 15 is 0 Å². The monoisotopic (exact) mass is 414 g/mol. The maximum Gasteiger partial charge on any atom is 0.287 e. The third-order valence-corrected chi connectivity index (χ3v) is 6.68. The number of rotatable bonds is 6. The summed E-state index contributed by atoms with van der Waals surface area (Å²) in [6.45, 7) is 1.05. The number of fused-ring (bicyclic) bond motifs is 1. The van der Waals surface area contributed by atoms with Crippen molar-refractivity contribution in [3.63, 3.8) is 0 Å². The van der Waals surface area contributed by atoms with Crippen LogP contribution in [0, 0.1) is 0 Å². The highest BCUT2D eigenvalue weighted by Gasteiger charge is 2.23. The number of amides is 1. The second-order valence-electron chi connectivity index (χ2n) is 7.02. The summed E-state index contributed by atoms with van der Waals surface area (Å²) in [6, 6.07) is 9.66. The van der Waals surface area contributed by atoms with Crippen LogP contribution in [-0.2, 0) is 35.1 Å². The fourth-order valence-electron chi connectivity index (χ4n) is 3.48. The van der Waals surface area contributed by atoms with Gasteiger partial charge in [-0.15, -0.1) is 10.2 Å². The predicted molar refractivity (Wildman–Crippen MR) is 105 cm³/mol. The van der Waals surface area contributed by atoms with Crippen molar-refractivity contribution in [2.75, 3.05) is 0 Å². The van der Waals surface area contributed by atoms with E-state index in [1.807, 2.05) is 0 Å². The Hall–Kier alpha value is -2.94. The van der Waals surface area contributed by atoms with Crippen LogP contribution in [0.5, 0.6) is 0 Å². The van der Waals surface area contributed by atoms with Gasteiger partial charge in [-0.3, -0.25) is 4.79 Å². The summed E-state index contributed by atoms with van der Waals surface area (Å²) in [5, 5.41) is 11.2. The van der Waals surface area contributed by atoms with Crippen molar-refractivity contribution in [2.24, 2.45) is 0 Å². The number of nitrogens with zero attached hydrogens (tertiary/aromatic N) is 3. The molecule has 0 spiro atoms. The molecule has 3 aromatic rings. The van der Waals surface area contributed by atoms with E-state index < -0.39 is 15.7 Å². The summed E-state index contributed by atoms with van der Waals surface area (Å²) in [4.78, 5) is 12.8. The van der Waals surface area contributed by atoms with E-state index in [1.54, 1.807) is 18.2 Å². The van der Waals surface area contributed by atoms with Gasteiger partial charge in [-0.1, -0.05) is 24.6 Å². The lowest BCUT2D eigenvalue weighted by Gasteiger charge is -2.08. The second kappa shape index (κ2) is 8.20. The number of nitrogens with one attached hydrogen (secondary N) is 1. The molecule has 3 heterocycles. The van der Waals surface area contributed by atoms with E-state index in [2.05, 4.69) is 20.1 Å². The molecule has 8 nitrogen and oxygen atoms in total. The van der Waals surface area contributed by atoms with Crippen LogP contribution >= 0.6 is 0 Å². The maximum atomic E-state index is 12.6. The van der Waals surface area contributed by atoms with Crippen molar-refractivity contribution in [1.82, 2.24) is 20.1 Å². The summed E-state index contributed by atoms with van der Waals surface area (Å²) in [7, 11) is -3.58. The Morgan fingerprint density at radius 2 is 1.93 bits per heavy atom. The van der Waals surface area contributed by atoms with Gasteiger partial charge in [0.15, 0.2) is 21.4 Å². The summed E-state index contributed by atoms with van der Waals surface area (Å²) < 4.78 is 32.6. The molecule has 1 amide bonds. The molecule has 1 aliphatic rings. The number of aryl methyl sites for hydroxylation is 1. The summed E-state index contributed by atoms with van der Waals surface area (Å²) in [5.74, 6) is 0.857. The first kappa shape index (κ1) is 19.4. The van der Waals surface area contributed by atoms with Crippen molar-refractivity contribution >= 4 is 15.7 Å². The molecule has 4 rings (SSSR count). The highest BCUT2D eigenvalue weighted by Crippen LogP contribution is 2.20. The van der Waals surface area contributed by atoms with Gasteiger partial charge in [0.1, 0.15) is 5.82 Å². The number of furan rings is 1. The zero-order valence-corrected chi connectivity index (χ0v) is 16.7. The van der Waals surface area contributed by atoms with Gasteiger partial charge < -0.3 is 14.3 Å². The molecule has 1 aromatic carbocycles. The molecule has 1 N–H and O–H groups in total. The van der Waals surface area contributed by atoms with E-state index in [9.17, 15) is 13.2 Å². The highest BCUT2D eigenvalue weighted by atomic mass is 32.2. The molecular weight excluding hydrogens is 392 g/mol. The standard InChI is InChI=1S/C20H22N4O4S/c25-20(21-13-18-23-22-17-9-5-2-6-11-24(17)18)19-15(10-12-28-19)14-29(26,27)16-7-3-1-4-8-16/h1,3-4,7-8,10,12H,2,5-6,9,11,13-14H2,(H,21,25). The molecule has 152 valence electrons. The molecule has 0 radical (unpaired) electrons. The minimum Gasteiger partial charge on any atom is -0.459 e. The molecule has 0 aliphatic carbocycles. The van der Waals surface area contributed by atoms with Crippen molar-refractivity contribution in [3.05, 3.63) is 65.6 Å². The highest BCUT2D eigenvalue weighted by molar-refractivity contribution is 7.90. The van der Waals surface area contributed by atoms with Gasteiger partial charge in [-0.25, -0.2) is 8.42 Å². The molecular formula is C20H22N4O4S. The minimum atomic E-state index is -3.58. The first-order valence-electron chi connectivity index (χ1n) is 9.58. The molecule has 29 heavy (non-hydrogen) atoms. The van der Waals surface area contributed by atoms with Crippen LogP contribution in [0.4, 0.5) is 0 Å². The van der Waals surface area contributed by atoms with E-state index in [0.717, 1.165) is 38.1 Å². The van der Waals surface area contributed by atoms with Crippen molar-refractivity contribution in [1.29, 1.82) is 0 Å². The Morgan fingerprint density at radius 3 is 2.76 bits per heavy atom. The Labute approximate surface area is 168 Å². The van der Waals surface area contributed by atoms with Crippen LogP contribution < -0.4 is 5.32 Å². The van der Waals surface area contributed by atoms with Gasteiger partial charge in [0.25, 0.3) is 5.91 Å². The number of hydrogen-bond acceptors (Lipinski definition) is 6. The van der Waals surface area contributed by atoms with E-state index in [1.165, 1.54) is 24.5 Å². The smallest absolute Gasteiger partial charge is 0.287 e. The van der Waals surface area contributed by atoms with Crippen molar-refractivity contribution in [3.8, 4) is 0 Å². The number of carbonyl (C=O) groups is 1. The Morgan fingerprint density at radius 1 is 1.10 bits per heavy atom. The lowest BCUT2D eigenvalue weighted by atomic mass is 10.2. The van der Waals surface area contributed by atoms with Gasteiger partial charge in [0.2, 0.25) is 0 Å². The molecule has 2 aromatic heterocycles. The third-order valence-electron chi connectivity index (χ3n) is 4.99. The first-order valence-corrected chi connectivity index (χ1v) is 11.2. The molecule has 1 aliphatic heterocycles. The van der Waals surface area contributed by atoms with E-state index in [4.69, 9.17) is 4.42 Å². The van der Waals surface area contributed by atoms with Gasteiger partial charge in [-0.2, -0.15) is 0 Å². The fourth-order valence-corrected chi connectivity index (χ4v) is 4.86. The summed E-state index contributed by atoms with van der Waals surface area (Å²) in [6.07, 6.45) is 5.52. The number of carbonyl (C=O) groups excluding carboxylic acids is 1. The maximum absolute atomic E-state index is 12.6. The molecule has 9 heteroatoms. The quantitative estimate of drug-likeness (QED) is 0.664.